The number of nitrogens with zero attached hydrogens (tertiary/aromatic N) is 1. The SMILES string of the molecule is COc1cc(C)cc2n[nH]c(Br)c12. The second-order valence-electron chi connectivity index (χ2n) is 2.90. The van der Waals surface area contributed by atoms with Crippen LogP contribution in [-0.4, -0.2) is 17.3 Å². The Morgan fingerprint density at radius 2 is 2.23 bits per heavy atom. The van der Waals surface area contributed by atoms with Crippen LogP contribution in [0, 0.1) is 6.92 Å². The molecule has 0 unspecified atom stereocenters. The van der Waals surface area contributed by atoms with Crippen molar-refractivity contribution in [3.05, 3.63) is 22.3 Å². The van der Waals surface area contributed by atoms with Crippen molar-refractivity contribution in [2.75, 3.05) is 7.11 Å². The Balaban J connectivity index is 2.85. The number of rotatable bonds is 1. The Hall–Kier alpha value is -1.03. The number of halogens is 1. The smallest absolute Gasteiger partial charge is 0.131 e. The lowest BCUT2D eigenvalue weighted by molar-refractivity contribution is 0.419. The van der Waals surface area contributed by atoms with Crippen LogP contribution in [0.4, 0.5) is 0 Å². The molecule has 3 nitrogen and oxygen atoms in total. The maximum atomic E-state index is 5.26. The molecule has 0 aliphatic carbocycles. The Morgan fingerprint density at radius 3 is 2.92 bits per heavy atom. The first-order valence-corrected chi connectivity index (χ1v) is 4.70. The lowest BCUT2D eigenvalue weighted by atomic mass is 10.2. The van der Waals surface area contributed by atoms with E-state index in [9.17, 15) is 0 Å². The summed E-state index contributed by atoms with van der Waals surface area (Å²) < 4.78 is 6.12. The van der Waals surface area contributed by atoms with Crippen molar-refractivity contribution < 1.29 is 4.74 Å². The fourth-order valence-electron chi connectivity index (χ4n) is 1.37. The molecule has 0 saturated carbocycles. The van der Waals surface area contributed by atoms with Crippen LogP contribution in [0.25, 0.3) is 10.9 Å². The van der Waals surface area contributed by atoms with Gasteiger partial charge < -0.3 is 4.74 Å². The highest BCUT2D eigenvalue weighted by atomic mass is 79.9. The molecule has 2 rings (SSSR count). The van der Waals surface area contributed by atoms with Gasteiger partial charge in [0.05, 0.1) is 18.0 Å². The molecule has 0 aliphatic heterocycles. The van der Waals surface area contributed by atoms with E-state index < -0.39 is 0 Å². The van der Waals surface area contributed by atoms with Crippen LogP contribution in [0.3, 0.4) is 0 Å². The van der Waals surface area contributed by atoms with E-state index in [1.807, 2.05) is 19.1 Å². The minimum Gasteiger partial charge on any atom is -0.496 e. The van der Waals surface area contributed by atoms with Gasteiger partial charge in [-0.1, -0.05) is 0 Å². The molecule has 1 N–H and O–H groups in total. The molecule has 0 aliphatic rings. The van der Waals surface area contributed by atoms with Gasteiger partial charge in [0.15, 0.2) is 0 Å². The summed E-state index contributed by atoms with van der Waals surface area (Å²) >= 11 is 3.39. The minimum absolute atomic E-state index is 0.843. The summed E-state index contributed by atoms with van der Waals surface area (Å²) in [4.78, 5) is 0. The van der Waals surface area contributed by atoms with E-state index >= 15 is 0 Å². The number of fused-ring (bicyclic) bond motifs is 1. The fourth-order valence-corrected chi connectivity index (χ4v) is 1.86. The van der Waals surface area contributed by atoms with Gasteiger partial charge in [0.1, 0.15) is 10.4 Å². The Morgan fingerprint density at radius 1 is 1.46 bits per heavy atom. The number of hydrogen-bond donors (Lipinski definition) is 1. The number of ether oxygens (including phenoxy) is 1. The summed E-state index contributed by atoms with van der Waals surface area (Å²) in [6, 6.07) is 4.00. The lowest BCUT2D eigenvalue weighted by Gasteiger charge is -2.02. The molecule has 0 bridgehead atoms. The molecule has 1 aromatic heterocycles. The molecule has 1 aromatic carbocycles. The zero-order valence-electron chi connectivity index (χ0n) is 7.39. The van der Waals surface area contributed by atoms with Crippen LogP contribution < -0.4 is 4.74 Å². The van der Waals surface area contributed by atoms with Crippen LogP contribution >= 0.6 is 15.9 Å². The normalized spacial score (nSPS) is 10.7. The number of aromatic nitrogens is 2. The van der Waals surface area contributed by atoms with E-state index in [2.05, 4.69) is 26.1 Å². The monoisotopic (exact) mass is 240 g/mol. The molecule has 0 spiro atoms. The van der Waals surface area contributed by atoms with E-state index in [4.69, 9.17) is 4.74 Å². The first-order valence-electron chi connectivity index (χ1n) is 3.90. The van der Waals surface area contributed by atoms with Gasteiger partial charge in [-0.3, -0.25) is 5.10 Å². The maximum absolute atomic E-state index is 5.26. The van der Waals surface area contributed by atoms with Gasteiger partial charge in [0.25, 0.3) is 0 Å². The quantitative estimate of drug-likeness (QED) is 0.833. The number of nitrogens with one attached hydrogen (secondary N) is 1. The summed E-state index contributed by atoms with van der Waals surface area (Å²) in [6.07, 6.45) is 0. The topological polar surface area (TPSA) is 37.9 Å². The molecule has 68 valence electrons. The molecule has 0 radical (unpaired) electrons. The lowest BCUT2D eigenvalue weighted by Crippen LogP contribution is -1.85. The third-order valence-electron chi connectivity index (χ3n) is 1.94. The zero-order chi connectivity index (χ0) is 9.42. The fraction of sp³-hybridized carbons (Fsp3) is 0.222. The highest BCUT2D eigenvalue weighted by Gasteiger charge is 2.08. The van der Waals surface area contributed by atoms with Gasteiger partial charge in [-0.05, 0) is 40.5 Å². The molecule has 2 aromatic rings. The summed E-state index contributed by atoms with van der Waals surface area (Å²) in [6.45, 7) is 2.02. The summed E-state index contributed by atoms with van der Waals surface area (Å²) in [5.41, 5.74) is 2.06. The predicted molar refractivity (Wildman–Crippen MR) is 55.1 cm³/mol. The highest BCUT2D eigenvalue weighted by molar-refractivity contribution is 9.10. The highest BCUT2D eigenvalue weighted by Crippen LogP contribution is 2.31. The Kier molecular flexibility index (Phi) is 2.00. The van der Waals surface area contributed by atoms with Crippen molar-refractivity contribution in [1.29, 1.82) is 0 Å². The zero-order valence-corrected chi connectivity index (χ0v) is 8.97. The van der Waals surface area contributed by atoms with Crippen molar-refractivity contribution >= 4 is 26.8 Å². The molecule has 0 fully saturated rings. The molecule has 0 amide bonds. The number of aromatic amines is 1. The Bertz CT molecular complexity index is 450. The third-order valence-corrected chi connectivity index (χ3v) is 2.51. The third kappa shape index (κ3) is 1.31. The molecule has 13 heavy (non-hydrogen) atoms. The van der Waals surface area contributed by atoms with E-state index in [0.29, 0.717) is 0 Å². The van der Waals surface area contributed by atoms with Crippen molar-refractivity contribution in [3.8, 4) is 5.75 Å². The first-order chi connectivity index (χ1) is 6.22. The van der Waals surface area contributed by atoms with E-state index in [-0.39, 0.29) is 0 Å². The van der Waals surface area contributed by atoms with Crippen LogP contribution in [-0.2, 0) is 0 Å². The van der Waals surface area contributed by atoms with Crippen LogP contribution in [0.2, 0.25) is 0 Å². The number of methoxy groups -OCH3 is 1. The molecule has 0 atom stereocenters. The summed E-state index contributed by atoms with van der Waals surface area (Å²) in [7, 11) is 1.66. The number of hydrogen-bond acceptors (Lipinski definition) is 2. The molecular weight excluding hydrogens is 232 g/mol. The van der Waals surface area contributed by atoms with E-state index in [1.165, 1.54) is 0 Å². The van der Waals surface area contributed by atoms with Gasteiger partial charge in [-0.15, -0.1) is 0 Å². The van der Waals surface area contributed by atoms with Gasteiger partial charge in [0.2, 0.25) is 0 Å². The summed E-state index contributed by atoms with van der Waals surface area (Å²) in [5, 5.41) is 7.99. The number of aryl methyl sites for hydroxylation is 1. The maximum Gasteiger partial charge on any atom is 0.131 e. The van der Waals surface area contributed by atoms with E-state index in [1.54, 1.807) is 7.11 Å². The molecular formula is C9H9BrN2O. The predicted octanol–water partition coefficient (Wildman–Crippen LogP) is 2.64. The van der Waals surface area contributed by atoms with Crippen molar-refractivity contribution in [2.24, 2.45) is 0 Å². The molecule has 1 heterocycles. The summed E-state index contributed by atoms with van der Waals surface area (Å²) in [5.74, 6) is 0.843. The number of H-pyrrole nitrogens is 1. The van der Waals surface area contributed by atoms with Gasteiger partial charge >= 0.3 is 0 Å². The van der Waals surface area contributed by atoms with Gasteiger partial charge in [-0.25, -0.2) is 0 Å². The average Bonchev–Trinajstić information content (AvgIpc) is 2.46. The minimum atomic E-state index is 0.843. The Labute approximate surface area is 84.2 Å². The van der Waals surface area contributed by atoms with Gasteiger partial charge in [-0.2, -0.15) is 5.10 Å². The number of benzene rings is 1. The van der Waals surface area contributed by atoms with Crippen molar-refractivity contribution in [1.82, 2.24) is 10.2 Å². The van der Waals surface area contributed by atoms with E-state index in [0.717, 1.165) is 26.8 Å². The first kappa shape index (κ1) is 8.56. The second kappa shape index (κ2) is 3.03. The second-order valence-corrected chi connectivity index (χ2v) is 3.69. The van der Waals surface area contributed by atoms with Crippen molar-refractivity contribution in [3.63, 3.8) is 0 Å². The van der Waals surface area contributed by atoms with Crippen LogP contribution in [0.1, 0.15) is 5.56 Å². The van der Waals surface area contributed by atoms with Gasteiger partial charge in [0, 0.05) is 0 Å². The average molecular weight is 241 g/mol. The molecule has 4 heteroatoms. The van der Waals surface area contributed by atoms with Crippen LogP contribution in [0.5, 0.6) is 5.75 Å². The van der Waals surface area contributed by atoms with Crippen LogP contribution in [0.15, 0.2) is 16.7 Å². The van der Waals surface area contributed by atoms with Crippen molar-refractivity contribution in [2.45, 2.75) is 6.92 Å². The molecule has 0 saturated heterocycles. The largest absolute Gasteiger partial charge is 0.496 e. The standard InChI is InChI=1S/C9H9BrN2O/c1-5-3-6-8(7(4-5)13-2)9(10)12-11-6/h3-4H,1-2H3,(H,11,12).